The number of halogens is 1. The van der Waals surface area contributed by atoms with Gasteiger partial charge in [0.15, 0.2) is 0 Å². The third-order valence-electron chi connectivity index (χ3n) is 2.95. The average Bonchev–Trinajstić information content (AvgIpc) is 2.56. The quantitative estimate of drug-likeness (QED) is 0.811. The second-order valence-corrected chi connectivity index (χ2v) is 4.38. The van der Waals surface area contributed by atoms with Gasteiger partial charge in [0.2, 0.25) is 5.91 Å². The summed E-state index contributed by atoms with van der Waals surface area (Å²) >= 11 is 0. The number of hydrogen-bond donors (Lipinski definition) is 1. The van der Waals surface area contributed by atoms with Crippen LogP contribution in [0, 0.1) is 12.7 Å². The highest BCUT2D eigenvalue weighted by atomic mass is 19.1. The van der Waals surface area contributed by atoms with Crippen molar-refractivity contribution in [1.29, 1.82) is 0 Å². The summed E-state index contributed by atoms with van der Waals surface area (Å²) in [6, 6.07) is 4.46. The largest absolute Gasteiger partial charge is 0.354 e. The zero-order valence-corrected chi connectivity index (χ0v) is 10.2. The molecule has 2 amide bonds. The molecule has 1 aliphatic heterocycles. The van der Waals surface area contributed by atoms with Crippen LogP contribution in [0.5, 0.6) is 0 Å². The highest BCUT2D eigenvalue weighted by Gasteiger charge is 2.22. The number of hydrogen-bond acceptors (Lipinski definition) is 2. The van der Waals surface area contributed by atoms with E-state index in [-0.39, 0.29) is 23.8 Å². The Balaban J connectivity index is 2.19. The van der Waals surface area contributed by atoms with Crippen molar-refractivity contribution in [2.75, 3.05) is 19.6 Å². The van der Waals surface area contributed by atoms with Crippen molar-refractivity contribution >= 4 is 11.8 Å². The van der Waals surface area contributed by atoms with E-state index < -0.39 is 5.82 Å². The minimum Gasteiger partial charge on any atom is -0.354 e. The van der Waals surface area contributed by atoms with Crippen molar-refractivity contribution in [1.82, 2.24) is 10.2 Å². The minimum atomic E-state index is -0.519. The molecule has 0 atom stereocenters. The van der Waals surface area contributed by atoms with Gasteiger partial charge in [-0.15, -0.1) is 0 Å². The van der Waals surface area contributed by atoms with Crippen molar-refractivity contribution < 1.29 is 14.0 Å². The summed E-state index contributed by atoms with van der Waals surface area (Å²) in [6.07, 6.45) is 0.263. The van der Waals surface area contributed by atoms with Crippen LogP contribution in [-0.2, 0) is 4.79 Å². The zero-order valence-electron chi connectivity index (χ0n) is 10.2. The Labute approximate surface area is 105 Å². The van der Waals surface area contributed by atoms with Gasteiger partial charge < -0.3 is 10.2 Å². The lowest BCUT2D eigenvalue weighted by atomic mass is 10.1. The molecule has 0 unspecified atom stereocenters. The van der Waals surface area contributed by atoms with Gasteiger partial charge in [0.05, 0.1) is 5.56 Å². The van der Waals surface area contributed by atoms with Crippen molar-refractivity contribution in [3.05, 3.63) is 35.1 Å². The standard InChI is InChI=1S/C13H15FN2O2/c1-9-2-3-11(14)10(8-9)13(18)16-6-4-12(17)15-5-7-16/h2-3,8H,4-7H2,1H3,(H,15,17). The monoisotopic (exact) mass is 250 g/mol. The molecule has 0 bridgehead atoms. The molecule has 2 rings (SSSR count). The smallest absolute Gasteiger partial charge is 0.256 e. The first kappa shape index (κ1) is 12.5. The third-order valence-corrected chi connectivity index (χ3v) is 2.95. The molecule has 0 saturated carbocycles. The Morgan fingerprint density at radius 3 is 2.94 bits per heavy atom. The molecule has 96 valence electrons. The van der Waals surface area contributed by atoms with Gasteiger partial charge in [0.1, 0.15) is 5.82 Å². The summed E-state index contributed by atoms with van der Waals surface area (Å²) in [5.41, 5.74) is 0.910. The number of rotatable bonds is 1. The molecule has 4 nitrogen and oxygen atoms in total. The van der Waals surface area contributed by atoms with Gasteiger partial charge in [-0.05, 0) is 19.1 Å². The third kappa shape index (κ3) is 2.67. The van der Waals surface area contributed by atoms with E-state index in [0.29, 0.717) is 19.6 Å². The topological polar surface area (TPSA) is 49.4 Å². The number of benzene rings is 1. The summed E-state index contributed by atoms with van der Waals surface area (Å²) in [6.45, 7) is 2.97. The van der Waals surface area contributed by atoms with Gasteiger partial charge in [-0.25, -0.2) is 4.39 Å². The predicted octanol–water partition coefficient (Wildman–Crippen LogP) is 1.10. The maximum absolute atomic E-state index is 13.6. The van der Waals surface area contributed by atoms with Crippen molar-refractivity contribution in [3.8, 4) is 0 Å². The van der Waals surface area contributed by atoms with Crippen LogP contribution in [0.3, 0.4) is 0 Å². The molecule has 0 spiro atoms. The van der Waals surface area contributed by atoms with E-state index in [4.69, 9.17) is 0 Å². The normalized spacial score (nSPS) is 16.1. The van der Waals surface area contributed by atoms with Crippen LogP contribution in [0.15, 0.2) is 18.2 Å². The molecule has 1 aliphatic rings. The molecule has 0 radical (unpaired) electrons. The fraction of sp³-hybridized carbons (Fsp3) is 0.385. The van der Waals surface area contributed by atoms with Gasteiger partial charge in [-0.1, -0.05) is 11.6 Å². The van der Waals surface area contributed by atoms with Crippen LogP contribution in [0.2, 0.25) is 0 Å². The Bertz CT molecular complexity index is 488. The first-order valence-corrected chi connectivity index (χ1v) is 5.90. The van der Waals surface area contributed by atoms with E-state index in [0.717, 1.165) is 5.56 Å². The highest BCUT2D eigenvalue weighted by molar-refractivity contribution is 5.95. The Kier molecular flexibility index (Phi) is 3.60. The summed E-state index contributed by atoms with van der Waals surface area (Å²) in [5, 5.41) is 2.68. The number of amides is 2. The van der Waals surface area contributed by atoms with Gasteiger partial charge in [0.25, 0.3) is 5.91 Å². The molecular formula is C13H15FN2O2. The zero-order chi connectivity index (χ0) is 13.1. The predicted molar refractivity (Wildman–Crippen MR) is 64.7 cm³/mol. The summed E-state index contributed by atoms with van der Waals surface area (Å²) < 4.78 is 13.6. The molecule has 18 heavy (non-hydrogen) atoms. The molecule has 1 heterocycles. The highest BCUT2D eigenvalue weighted by Crippen LogP contribution is 2.13. The number of carbonyl (C=O) groups excluding carboxylic acids is 2. The van der Waals surface area contributed by atoms with Crippen LogP contribution >= 0.6 is 0 Å². The summed E-state index contributed by atoms with van der Waals surface area (Å²) in [7, 11) is 0. The van der Waals surface area contributed by atoms with E-state index >= 15 is 0 Å². The molecule has 0 aromatic heterocycles. The van der Waals surface area contributed by atoms with Gasteiger partial charge >= 0.3 is 0 Å². The number of nitrogens with one attached hydrogen (secondary N) is 1. The molecular weight excluding hydrogens is 235 g/mol. The molecule has 1 N–H and O–H groups in total. The SMILES string of the molecule is Cc1ccc(F)c(C(=O)N2CCNC(=O)CC2)c1. The number of carbonyl (C=O) groups is 2. The second-order valence-electron chi connectivity index (χ2n) is 4.38. The Morgan fingerprint density at radius 2 is 2.17 bits per heavy atom. The molecule has 1 aromatic rings. The van der Waals surface area contributed by atoms with Crippen molar-refractivity contribution in [2.24, 2.45) is 0 Å². The number of nitrogens with zero attached hydrogens (tertiary/aromatic N) is 1. The van der Waals surface area contributed by atoms with Crippen LogP contribution in [0.25, 0.3) is 0 Å². The van der Waals surface area contributed by atoms with Gasteiger partial charge in [0, 0.05) is 26.1 Å². The van der Waals surface area contributed by atoms with E-state index in [2.05, 4.69) is 5.32 Å². The van der Waals surface area contributed by atoms with Crippen LogP contribution in [0.1, 0.15) is 22.3 Å². The van der Waals surface area contributed by atoms with Crippen molar-refractivity contribution in [3.63, 3.8) is 0 Å². The Morgan fingerprint density at radius 1 is 1.39 bits per heavy atom. The fourth-order valence-corrected chi connectivity index (χ4v) is 1.94. The molecule has 5 heteroatoms. The lowest BCUT2D eigenvalue weighted by Crippen LogP contribution is -2.34. The van der Waals surface area contributed by atoms with E-state index in [9.17, 15) is 14.0 Å². The maximum atomic E-state index is 13.6. The van der Waals surface area contributed by atoms with Crippen molar-refractivity contribution in [2.45, 2.75) is 13.3 Å². The second kappa shape index (κ2) is 5.16. The lowest BCUT2D eigenvalue weighted by Gasteiger charge is -2.20. The van der Waals surface area contributed by atoms with E-state index in [1.807, 2.05) is 6.92 Å². The molecule has 1 fully saturated rings. The fourth-order valence-electron chi connectivity index (χ4n) is 1.94. The first-order valence-electron chi connectivity index (χ1n) is 5.90. The summed E-state index contributed by atoms with van der Waals surface area (Å²) in [4.78, 5) is 24.9. The van der Waals surface area contributed by atoms with Gasteiger partial charge in [-0.2, -0.15) is 0 Å². The minimum absolute atomic E-state index is 0.0735. The van der Waals surface area contributed by atoms with Gasteiger partial charge in [-0.3, -0.25) is 9.59 Å². The summed E-state index contributed by atoms with van der Waals surface area (Å²) in [5.74, 6) is -0.947. The van der Waals surface area contributed by atoms with Crippen LogP contribution in [0.4, 0.5) is 4.39 Å². The Hall–Kier alpha value is -1.91. The number of aryl methyl sites for hydroxylation is 1. The lowest BCUT2D eigenvalue weighted by molar-refractivity contribution is -0.120. The first-order chi connectivity index (χ1) is 8.58. The molecule has 0 aliphatic carbocycles. The van der Waals surface area contributed by atoms with Crippen LogP contribution < -0.4 is 5.32 Å². The van der Waals surface area contributed by atoms with Crippen LogP contribution in [-0.4, -0.2) is 36.3 Å². The molecule has 1 saturated heterocycles. The maximum Gasteiger partial charge on any atom is 0.256 e. The molecule has 1 aromatic carbocycles. The average molecular weight is 250 g/mol. The van der Waals surface area contributed by atoms with E-state index in [1.54, 1.807) is 6.07 Å². The van der Waals surface area contributed by atoms with E-state index in [1.165, 1.54) is 17.0 Å².